The van der Waals surface area contributed by atoms with Crippen molar-refractivity contribution < 1.29 is 21.6 Å². The fourth-order valence-corrected chi connectivity index (χ4v) is 3.32. The molecule has 10 heteroatoms. The largest absolute Gasteiger partial charge is 0.435 e. The number of alkyl halides is 3. The van der Waals surface area contributed by atoms with E-state index in [-0.39, 0.29) is 16.3 Å². The van der Waals surface area contributed by atoms with Gasteiger partial charge in [0.25, 0.3) is 0 Å². The average molecular weight is 382 g/mol. The number of sulfone groups is 1. The molecule has 0 aliphatic carbocycles. The van der Waals surface area contributed by atoms with Gasteiger partial charge < -0.3 is 0 Å². The van der Waals surface area contributed by atoms with Gasteiger partial charge in [-0.2, -0.15) is 18.3 Å². The second kappa shape index (κ2) is 6.52. The summed E-state index contributed by atoms with van der Waals surface area (Å²) in [5.41, 5.74) is -0.218. The van der Waals surface area contributed by atoms with E-state index in [1.807, 2.05) is 0 Å². The predicted molar refractivity (Wildman–Crippen MR) is 87.3 cm³/mol. The number of nitrogens with zero attached hydrogens (tertiary/aromatic N) is 4. The minimum absolute atomic E-state index is 0.0567. The van der Waals surface area contributed by atoms with Crippen LogP contribution < -0.4 is 0 Å². The van der Waals surface area contributed by atoms with Crippen LogP contribution in [-0.4, -0.2) is 33.9 Å². The zero-order valence-corrected chi connectivity index (χ0v) is 14.3. The van der Waals surface area contributed by atoms with Gasteiger partial charge in [0, 0.05) is 12.4 Å². The number of halogens is 3. The summed E-state index contributed by atoms with van der Waals surface area (Å²) in [5.74, 6) is -0.0860. The smallest absolute Gasteiger partial charge is 0.253 e. The Bertz CT molecular complexity index is 1030. The third-order valence-electron chi connectivity index (χ3n) is 3.62. The van der Waals surface area contributed by atoms with Crippen LogP contribution in [0.15, 0.2) is 53.8 Å². The molecule has 0 atom stereocenters. The van der Waals surface area contributed by atoms with Gasteiger partial charge in [0.15, 0.2) is 15.5 Å². The minimum Gasteiger partial charge on any atom is -0.253 e. The Morgan fingerprint density at radius 1 is 1.12 bits per heavy atom. The highest BCUT2D eigenvalue weighted by Gasteiger charge is 2.33. The lowest BCUT2D eigenvalue weighted by molar-refractivity contribution is -0.141. The Morgan fingerprint density at radius 3 is 2.46 bits per heavy atom. The molecule has 6 nitrogen and oxygen atoms in total. The maximum Gasteiger partial charge on any atom is 0.435 e. The van der Waals surface area contributed by atoms with E-state index < -0.39 is 21.7 Å². The van der Waals surface area contributed by atoms with E-state index in [4.69, 9.17) is 0 Å². The van der Waals surface area contributed by atoms with Crippen molar-refractivity contribution in [2.45, 2.75) is 18.0 Å². The van der Waals surface area contributed by atoms with Crippen molar-refractivity contribution >= 4 is 9.84 Å². The lowest BCUT2D eigenvalue weighted by Crippen LogP contribution is -2.08. The molecule has 3 aromatic heterocycles. The van der Waals surface area contributed by atoms with Crippen LogP contribution in [0.4, 0.5) is 13.2 Å². The molecule has 136 valence electrons. The first kappa shape index (κ1) is 18.1. The number of pyridine rings is 2. The number of hydrogen-bond donors (Lipinski definition) is 0. The van der Waals surface area contributed by atoms with Gasteiger partial charge in [-0.05, 0) is 30.3 Å². The van der Waals surface area contributed by atoms with Crippen LogP contribution in [0.2, 0.25) is 0 Å². The third-order valence-corrected chi connectivity index (χ3v) is 5.38. The van der Waals surface area contributed by atoms with E-state index in [9.17, 15) is 21.6 Å². The summed E-state index contributed by atoms with van der Waals surface area (Å²) in [6.45, 7) is 1.53. The maximum atomic E-state index is 12.6. The molecule has 3 aromatic rings. The molecule has 0 saturated carbocycles. The third kappa shape index (κ3) is 3.45. The maximum absolute atomic E-state index is 12.6. The van der Waals surface area contributed by atoms with Gasteiger partial charge in [0.05, 0.1) is 28.2 Å². The monoisotopic (exact) mass is 382 g/mol. The van der Waals surface area contributed by atoms with Crippen molar-refractivity contribution in [3.8, 4) is 17.1 Å². The summed E-state index contributed by atoms with van der Waals surface area (Å²) in [7, 11) is -3.50. The van der Waals surface area contributed by atoms with Gasteiger partial charge in [-0.25, -0.2) is 13.1 Å². The first-order valence-electron chi connectivity index (χ1n) is 7.50. The number of hydrogen-bond acceptors (Lipinski definition) is 5. The van der Waals surface area contributed by atoms with Crippen LogP contribution in [0.5, 0.6) is 0 Å². The van der Waals surface area contributed by atoms with Crippen LogP contribution >= 0.6 is 0 Å². The molecule has 0 unspecified atom stereocenters. The highest BCUT2D eigenvalue weighted by molar-refractivity contribution is 7.91. The normalized spacial score (nSPS) is 12.3. The van der Waals surface area contributed by atoms with E-state index >= 15 is 0 Å². The van der Waals surface area contributed by atoms with Crippen molar-refractivity contribution in [2.75, 3.05) is 5.75 Å². The highest BCUT2D eigenvalue weighted by Crippen LogP contribution is 2.28. The molecule has 3 rings (SSSR count). The van der Waals surface area contributed by atoms with Crippen LogP contribution in [-0.2, 0) is 16.0 Å². The SMILES string of the molecule is CCS(=O)(=O)c1cccnc1-c1ccc(-n2ccc(C(F)(F)F)n2)cn1. The molecule has 0 N–H and O–H groups in total. The summed E-state index contributed by atoms with van der Waals surface area (Å²) < 4.78 is 63.3. The van der Waals surface area contributed by atoms with Crippen molar-refractivity contribution in [2.24, 2.45) is 0 Å². The lowest BCUT2D eigenvalue weighted by Gasteiger charge is -2.08. The Hall–Kier alpha value is -2.75. The van der Waals surface area contributed by atoms with Gasteiger partial charge >= 0.3 is 6.18 Å². The Balaban J connectivity index is 1.98. The van der Waals surface area contributed by atoms with Crippen molar-refractivity contribution in [3.05, 3.63) is 54.6 Å². The molecule has 0 aromatic carbocycles. The number of aromatic nitrogens is 4. The molecule has 0 radical (unpaired) electrons. The summed E-state index contributed by atoms with van der Waals surface area (Å²) in [5, 5.41) is 3.46. The second-order valence-corrected chi connectivity index (χ2v) is 7.55. The van der Waals surface area contributed by atoms with E-state index in [2.05, 4.69) is 15.1 Å². The quantitative estimate of drug-likeness (QED) is 0.693. The summed E-state index contributed by atoms with van der Waals surface area (Å²) in [6, 6.07) is 6.80. The second-order valence-electron chi connectivity index (χ2n) is 5.30. The summed E-state index contributed by atoms with van der Waals surface area (Å²) >= 11 is 0. The predicted octanol–water partition coefficient (Wildman–Crippen LogP) is 3.14. The van der Waals surface area contributed by atoms with Crippen LogP contribution in [0, 0.1) is 0 Å². The van der Waals surface area contributed by atoms with Crippen molar-refractivity contribution in [3.63, 3.8) is 0 Å². The van der Waals surface area contributed by atoms with Gasteiger partial charge in [-0.15, -0.1) is 0 Å². The topological polar surface area (TPSA) is 77.7 Å². The summed E-state index contributed by atoms with van der Waals surface area (Å²) in [6.07, 6.45) is -0.606. The van der Waals surface area contributed by atoms with E-state index in [0.717, 1.165) is 10.7 Å². The standard InChI is InChI=1S/C16H13F3N4O2S/c1-2-26(24,25)13-4-3-8-20-15(13)12-6-5-11(10-21-12)23-9-7-14(22-23)16(17,18)19/h3-10H,2H2,1H3. The zero-order valence-electron chi connectivity index (χ0n) is 13.5. The minimum atomic E-state index is -4.53. The molecule has 0 bridgehead atoms. The van der Waals surface area contributed by atoms with Crippen LogP contribution in [0.1, 0.15) is 12.6 Å². The average Bonchev–Trinajstić information content (AvgIpc) is 3.12. The first-order chi connectivity index (χ1) is 12.2. The molecule has 0 aliphatic heterocycles. The van der Waals surface area contributed by atoms with Gasteiger partial charge in [-0.1, -0.05) is 6.92 Å². The molecule has 0 aliphatic rings. The Kier molecular flexibility index (Phi) is 4.53. The van der Waals surface area contributed by atoms with Gasteiger partial charge in [0.1, 0.15) is 5.69 Å². The molecule has 0 spiro atoms. The molecular formula is C16H13F3N4O2S. The Morgan fingerprint density at radius 2 is 1.88 bits per heavy atom. The molecular weight excluding hydrogens is 369 g/mol. The van der Waals surface area contributed by atoms with Crippen molar-refractivity contribution in [1.29, 1.82) is 0 Å². The van der Waals surface area contributed by atoms with Crippen LogP contribution in [0.3, 0.4) is 0 Å². The highest BCUT2D eigenvalue weighted by atomic mass is 32.2. The van der Waals surface area contributed by atoms with Crippen molar-refractivity contribution in [1.82, 2.24) is 19.7 Å². The van der Waals surface area contributed by atoms with Gasteiger partial charge in [-0.3, -0.25) is 9.97 Å². The van der Waals surface area contributed by atoms with E-state index in [1.54, 1.807) is 0 Å². The van der Waals surface area contributed by atoms with E-state index in [1.165, 1.54) is 49.8 Å². The fraction of sp³-hybridized carbons (Fsp3) is 0.188. The molecule has 26 heavy (non-hydrogen) atoms. The zero-order chi connectivity index (χ0) is 18.9. The molecule has 0 amide bonds. The molecule has 0 fully saturated rings. The summed E-state index contributed by atoms with van der Waals surface area (Å²) in [4.78, 5) is 8.28. The van der Waals surface area contributed by atoms with E-state index in [0.29, 0.717) is 11.4 Å². The lowest BCUT2D eigenvalue weighted by atomic mass is 10.2. The first-order valence-corrected chi connectivity index (χ1v) is 9.15. The molecule has 0 saturated heterocycles. The molecule has 3 heterocycles. The van der Waals surface area contributed by atoms with Crippen LogP contribution in [0.25, 0.3) is 17.1 Å². The number of rotatable bonds is 4. The Labute approximate surface area is 147 Å². The van der Waals surface area contributed by atoms with Gasteiger partial charge in [0.2, 0.25) is 0 Å². The fourth-order valence-electron chi connectivity index (χ4n) is 2.27.